The molecule has 0 radical (unpaired) electrons. The minimum absolute atomic E-state index is 0.0805. The third kappa shape index (κ3) is 6.43. The van der Waals surface area contributed by atoms with Crippen molar-refractivity contribution in [2.45, 2.75) is 69.2 Å². The van der Waals surface area contributed by atoms with E-state index in [0.29, 0.717) is 48.1 Å². The predicted octanol–water partition coefficient (Wildman–Crippen LogP) is 4.77. The predicted molar refractivity (Wildman–Crippen MR) is 183 cm³/mol. The number of carbonyl (C=O) groups excluding carboxylic acids is 1. The summed E-state index contributed by atoms with van der Waals surface area (Å²) < 4.78 is 31.8. The second-order valence-electron chi connectivity index (χ2n) is 15.6. The summed E-state index contributed by atoms with van der Waals surface area (Å²) in [6, 6.07) is 4.50. The second-order valence-corrected chi connectivity index (χ2v) is 15.6. The molecule has 266 valence electrons. The second kappa shape index (κ2) is 13.4. The van der Waals surface area contributed by atoms with Crippen molar-refractivity contribution in [3.63, 3.8) is 0 Å². The summed E-state index contributed by atoms with van der Waals surface area (Å²) in [7, 11) is 3.32. The van der Waals surface area contributed by atoms with Gasteiger partial charge in [0.1, 0.15) is 24.2 Å². The van der Waals surface area contributed by atoms with Gasteiger partial charge in [-0.05, 0) is 95.0 Å². The Morgan fingerprint density at radius 3 is 2.44 bits per heavy atom. The molecular formula is C37H47FN8O4. The summed E-state index contributed by atoms with van der Waals surface area (Å²) in [5.41, 5.74) is 1.84. The molecule has 2 spiro atoms. The van der Waals surface area contributed by atoms with Crippen molar-refractivity contribution in [3.05, 3.63) is 48.6 Å². The maximum absolute atomic E-state index is 14.5. The van der Waals surface area contributed by atoms with Crippen LogP contribution in [-0.2, 0) is 14.3 Å². The van der Waals surface area contributed by atoms with E-state index in [1.807, 2.05) is 0 Å². The SMILES string of the molecule is COCC1(COC)CC2(CCC(CN3CCC4(CC3)CN(c3ncnnc3Oc3ccc(F)cc3-c3cncnc3C3CC3)C4)CC2)NC1=O. The number of hydrogen-bond acceptors (Lipinski definition) is 11. The van der Waals surface area contributed by atoms with E-state index in [1.54, 1.807) is 32.8 Å². The first kappa shape index (κ1) is 33.3. The van der Waals surface area contributed by atoms with Crippen molar-refractivity contribution in [1.29, 1.82) is 0 Å². The maximum Gasteiger partial charge on any atom is 0.282 e. The van der Waals surface area contributed by atoms with Gasteiger partial charge >= 0.3 is 0 Å². The van der Waals surface area contributed by atoms with E-state index in [-0.39, 0.29) is 22.7 Å². The Hall–Kier alpha value is -3.81. The van der Waals surface area contributed by atoms with Crippen LogP contribution in [0.1, 0.15) is 69.4 Å². The van der Waals surface area contributed by atoms with E-state index in [1.165, 1.54) is 18.5 Å². The largest absolute Gasteiger partial charge is 0.434 e. The molecule has 0 bridgehead atoms. The van der Waals surface area contributed by atoms with Gasteiger partial charge in [0.2, 0.25) is 5.91 Å². The first-order valence-electron chi connectivity index (χ1n) is 18.1. The molecule has 5 aliphatic rings. The van der Waals surface area contributed by atoms with Gasteiger partial charge in [-0.2, -0.15) is 0 Å². The van der Waals surface area contributed by atoms with Crippen molar-refractivity contribution < 1.29 is 23.4 Å². The zero-order chi connectivity index (χ0) is 34.3. The monoisotopic (exact) mass is 686 g/mol. The Kier molecular flexibility index (Phi) is 8.93. The van der Waals surface area contributed by atoms with Gasteiger partial charge in [0.25, 0.3) is 5.88 Å². The van der Waals surface area contributed by atoms with Crippen molar-refractivity contribution in [2.24, 2.45) is 16.7 Å². The van der Waals surface area contributed by atoms with Gasteiger partial charge in [0, 0.05) is 68.0 Å². The fraction of sp³-hybridized carbons (Fsp3) is 0.622. The molecule has 1 amide bonds. The van der Waals surface area contributed by atoms with Crippen LogP contribution in [0.3, 0.4) is 0 Å². The summed E-state index contributed by atoms with van der Waals surface area (Å²) in [5, 5.41) is 11.7. The van der Waals surface area contributed by atoms with Gasteiger partial charge < -0.3 is 29.3 Å². The molecule has 3 aromatic rings. The average molecular weight is 687 g/mol. The molecule has 5 heterocycles. The smallest absolute Gasteiger partial charge is 0.282 e. The zero-order valence-electron chi connectivity index (χ0n) is 29.1. The number of carbonyl (C=O) groups is 1. The standard InChI is InChI=1S/C37H47FN8O4/c1-48-21-36(22-49-2)18-37(43-34(36)47)9-7-25(8-10-37)17-45-13-11-35(12-14-45)19-46(20-35)32-33(44-42-24-41-32)50-30-6-5-27(38)15-28(30)29-16-39-23-40-31(29)26-3-4-26/h5-6,15-16,23-26H,3-4,7-14,17-22H2,1-2H3,(H,43,47). The lowest BCUT2D eigenvalue weighted by Crippen LogP contribution is -2.61. The van der Waals surface area contributed by atoms with E-state index in [9.17, 15) is 9.18 Å². The van der Waals surface area contributed by atoms with Crippen LogP contribution in [-0.4, -0.2) is 102 Å². The minimum Gasteiger partial charge on any atom is -0.434 e. The molecule has 3 aliphatic heterocycles. The number of anilines is 1. The topological polar surface area (TPSA) is 128 Å². The van der Waals surface area contributed by atoms with Gasteiger partial charge in [0.15, 0.2) is 5.82 Å². The van der Waals surface area contributed by atoms with E-state index in [2.05, 4.69) is 40.3 Å². The fourth-order valence-corrected chi connectivity index (χ4v) is 9.17. The lowest BCUT2D eigenvalue weighted by molar-refractivity contribution is -0.133. The number of halogens is 1. The fourth-order valence-electron chi connectivity index (χ4n) is 9.17. The number of nitrogens with one attached hydrogen (secondary N) is 1. The third-order valence-corrected chi connectivity index (χ3v) is 11.9. The molecule has 2 aliphatic carbocycles. The maximum atomic E-state index is 14.5. The quantitative estimate of drug-likeness (QED) is 0.300. The highest BCUT2D eigenvalue weighted by Gasteiger charge is 2.55. The average Bonchev–Trinajstić information content (AvgIpc) is 3.92. The summed E-state index contributed by atoms with van der Waals surface area (Å²) in [6.07, 6.45) is 14.2. The number of rotatable bonds is 11. The number of nitrogens with zero attached hydrogens (tertiary/aromatic N) is 7. The van der Waals surface area contributed by atoms with Gasteiger partial charge in [-0.1, -0.05) is 0 Å². The van der Waals surface area contributed by atoms with E-state index in [4.69, 9.17) is 14.2 Å². The molecule has 5 fully saturated rings. The van der Waals surface area contributed by atoms with Crippen LogP contribution in [0.15, 0.2) is 37.1 Å². The Morgan fingerprint density at radius 2 is 1.72 bits per heavy atom. The molecule has 8 rings (SSSR count). The van der Waals surface area contributed by atoms with Gasteiger partial charge in [-0.25, -0.2) is 19.3 Å². The lowest BCUT2D eigenvalue weighted by Gasteiger charge is -2.54. The molecule has 2 saturated carbocycles. The number of ether oxygens (including phenoxy) is 3. The highest BCUT2D eigenvalue weighted by Crippen LogP contribution is 2.49. The van der Waals surface area contributed by atoms with Crippen LogP contribution in [0.2, 0.25) is 0 Å². The van der Waals surface area contributed by atoms with Crippen molar-refractivity contribution in [3.8, 4) is 22.8 Å². The molecule has 2 aromatic heterocycles. The molecule has 13 heteroatoms. The van der Waals surface area contributed by atoms with E-state index >= 15 is 0 Å². The zero-order valence-corrected chi connectivity index (χ0v) is 29.1. The molecule has 12 nitrogen and oxygen atoms in total. The van der Waals surface area contributed by atoms with Crippen LogP contribution in [0.25, 0.3) is 11.1 Å². The van der Waals surface area contributed by atoms with Crippen LogP contribution in [0, 0.1) is 22.6 Å². The number of hydrogen-bond donors (Lipinski definition) is 1. The molecular weight excluding hydrogens is 639 g/mol. The third-order valence-electron chi connectivity index (χ3n) is 11.9. The Labute approximate surface area is 292 Å². The first-order valence-corrected chi connectivity index (χ1v) is 18.1. The molecule has 50 heavy (non-hydrogen) atoms. The van der Waals surface area contributed by atoms with Crippen LogP contribution in [0.4, 0.5) is 10.2 Å². The first-order chi connectivity index (χ1) is 24.3. The van der Waals surface area contributed by atoms with E-state index < -0.39 is 5.41 Å². The van der Waals surface area contributed by atoms with Crippen molar-refractivity contribution in [2.75, 3.05) is 65.1 Å². The van der Waals surface area contributed by atoms with Gasteiger partial charge in [-0.3, -0.25) is 4.79 Å². The number of aromatic nitrogens is 5. The van der Waals surface area contributed by atoms with Crippen LogP contribution >= 0.6 is 0 Å². The summed E-state index contributed by atoms with van der Waals surface area (Å²) in [4.78, 5) is 31.3. The summed E-state index contributed by atoms with van der Waals surface area (Å²) >= 11 is 0. The highest BCUT2D eigenvalue weighted by atomic mass is 19.1. The Morgan fingerprint density at radius 1 is 0.960 bits per heavy atom. The normalized spacial score (nSPS) is 25.9. The number of amides is 1. The highest BCUT2D eigenvalue weighted by molar-refractivity contribution is 5.86. The number of piperidine rings is 1. The van der Waals surface area contributed by atoms with Gasteiger partial charge in [-0.15, -0.1) is 10.2 Å². The molecule has 0 unspecified atom stereocenters. The summed E-state index contributed by atoms with van der Waals surface area (Å²) in [6.45, 7) is 5.86. The van der Waals surface area contributed by atoms with Crippen molar-refractivity contribution in [1.82, 2.24) is 35.4 Å². The molecule has 3 saturated heterocycles. The Bertz CT molecular complexity index is 1690. The Balaban J connectivity index is 0.862. The number of benzene rings is 1. The molecule has 1 N–H and O–H groups in total. The van der Waals surface area contributed by atoms with E-state index in [0.717, 1.165) is 102 Å². The summed E-state index contributed by atoms with van der Waals surface area (Å²) in [5.74, 6) is 2.18. The molecule has 1 aromatic carbocycles. The number of likely N-dealkylation sites (tertiary alicyclic amines) is 1. The van der Waals surface area contributed by atoms with Crippen LogP contribution < -0.4 is 15.0 Å². The van der Waals surface area contributed by atoms with Gasteiger partial charge in [0.05, 0.1) is 24.3 Å². The van der Waals surface area contributed by atoms with Crippen LogP contribution in [0.5, 0.6) is 11.6 Å². The number of methoxy groups -OCH3 is 2. The minimum atomic E-state index is -0.579. The van der Waals surface area contributed by atoms with Crippen molar-refractivity contribution >= 4 is 11.7 Å². The lowest BCUT2D eigenvalue weighted by atomic mass is 9.70. The molecule has 0 atom stereocenters.